The van der Waals surface area contributed by atoms with Gasteiger partial charge in [-0.15, -0.1) is 0 Å². The van der Waals surface area contributed by atoms with Crippen LogP contribution < -0.4 is 21.2 Å². The maximum atomic E-state index is 14.3. The SMILES string of the molecule is Fc1c(F)c(F)c([I+]c2c(F)c(F)c(F)c(F)c2C(F)(F)C(F)(F)C(F)(F)C(F)(F)F)c(F)c1F. The van der Waals surface area contributed by atoms with E-state index in [9.17, 15) is 79.0 Å². The lowest BCUT2D eigenvalue weighted by Gasteiger charge is -2.33. The van der Waals surface area contributed by atoms with Gasteiger partial charge in [-0.2, -0.15) is 52.7 Å². The fourth-order valence-corrected chi connectivity index (χ4v) is 5.06. The van der Waals surface area contributed by atoms with E-state index >= 15 is 0 Å². The molecule has 0 heterocycles. The van der Waals surface area contributed by atoms with E-state index in [1.54, 1.807) is 0 Å². The molecule has 35 heavy (non-hydrogen) atoms. The Bertz CT molecular complexity index is 1150. The zero-order chi connectivity index (χ0) is 27.6. The molecule has 2 rings (SSSR count). The van der Waals surface area contributed by atoms with E-state index in [1.165, 1.54) is 0 Å². The van der Waals surface area contributed by atoms with E-state index in [2.05, 4.69) is 0 Å². The Morgan fingerprint density at radius 2 is 0.686 bits per heavy atom. The van der Waals surface area contributed by atoms with E-state index < -0.39 is 110 Å². The molecular weight excluding hydrogens is 661 g/mol. The first-order valence-corrected chi connectivity index (χ1v) is 9.94. The molecule has 0 spiro atoms. The molecule has 0 aliphatic rings. The van der Waals surface area contributed by atoms with Gasteiger partial charge in [-0.1, -0.05) is 0 Å². The molecule has 0 atom stereocenters. The molecule has 0 saturated heterocycles. The summed E-state index contributed by atoms with van der Waals surface area (Å²) in [7, 11) is 0. The smallest absolute Gasteiger partial charge is 0.203 e. The molecule has 2 aromatic carbocycles. The Morgan fingerprint density at radius 1 is 0.371 bits per heavy atom. The second kappa shape index (κ2) is 8.79. The second-order valence-corrected chi connectivity index (χ2v) is 8.84. The predicted octanol–water partition coefficient (Wildman–Crippen LogP) is 3.99. The van der Waals surface area contributed by atoms with Crippen molar-refractivity contribution in [2.75, 3.05) is 0 Å². The van der Waals surface area contributed by atoms with Crippen LogP contribution in [0.4, 0.5) is 79.0 Å². The topological polar surface area (TPSA) is 0 Å². The first-order chi connectivity index (χ1) is 15.6. The van der Waals surface area contributed by atoms with Gasteiger partial charge in [0.25, 0.3) is 3.57 Å². The van der Waals surface area contributed by atoms with Gasteiger partial charge in [0.2, 0.25) is 44.3 Å². The molecular formula is C16F18I+. The third-order valence-electron chi connectivity index (χ3n) is 4.01. The summed E-state index contributed by atoms with van der Waals surface area (Å²) in [5.74, 6) is -51.2. The molecule has 19 heteroatoms. The van der Waals surface area contributed by atoms with E-state index in [0.717, 1.165) is 0 Å². The Kier molecular flexibility index (Phi) is 7.31. The molecule has 0 radical (unpaired) electrons. The molecule has 196 valence electrons. The van der Waals surface area contributed by atoms with Crippen LogP contribution in [0.2, 0.25) is 0 Å². The van der Waals surface area contributed by atoms with Crippen LogP contribution in [0.3, 0.4) is 0 Å². The molecule has 0 fully saturated rings. The lowest BCUT2D eigenvalue weighted by Crippen LogP contribution is -3.62. The van der Waals surface area contributed by atoms with E-state index in [1.807, 2.05) is 0 Å². The Balaban J connectivity index is 2.99. The fourth-order valence-electron chi connectivity index (χ4n) is 2.26. The second-order valence-electron chi connectivity index (χ2n) is 6.14. The Labute approximate surface area is 189 Å². The third-order valence-corrected chi connectivity index (χ3v) is 7.05. The number of hydrogen-bond acceptors (Lipinski definition) is 0. The summed E-state index contributed by atoms with van der Waals surface area (Å²) in [4.78, 5) is 0. The largest absolute Gasteiger partial charge is 0.460 e. The highest BCUT2D eigenvalue weighted by atomic mass is 127. The van der Waals surface area contributed by atoms with E-state index in [0.29, 0.717) is 0 Å². The Morgan fingerprint density at radius 3 is 1.06 bits per heavy atom. The van der Waals surface area contributed by atoms with Crippen molar-refractivity contribution in [1.82, 2.24) is 0 Å². The van der Waals surface area contributed by atoms with E-state index in [4.69, 9.17) is 0 Å². The Hall–Kier alpha value is -2.09. The van der Waals surface area contributed by atoms with Gasteiger partial charge in [-0.25, -0.2) is 26.3 Å². The summed E-state index contributed by atoms with van der Waals surface area (Å²) in [6.45, 7) is 0. The van der Waals surface area contributed by atoms with Crippen LogP contribution in [0.25, 0.3) is 0 Å². The molecule has 0 N–H and O–H groups in total. The fraction of sp³-hybridized carbons (Fsp3) is 0.250. The van der Waals surface area contributed by atoms with Crippen molar-refractivity contribution in [3.05, 3.63) is 65.1 Å². The summed E-state index contributed by atoms with van der Waals surface area (Å²) in [5, 5.41) is 0. The molecule has 0 unspecified atom stereocenters. The summed E-state index contributed by atoms with van der Waals surface area (Å²) in [6.07, 6.45) is -7.51. The van der Waals surface area contributed by atoms with Gasteiger partial charge in [0.15, 0.2) is 11.6 Å². The van der Waals surface area contributed by atoms with Crippen molar-refractivity contribution in [3.8, 4) is 0 Å². The van der Waals surface area contributed by atoms with Crippen LogP contribution in [-0.2, 0) is 5.92 Å². The van der Waals surface area contributed by atoms with Gasteiger partial charge in [-0.3, -0.25) is 0 Å². The van der Waals surface area contributed by atoms with Gasteiger partial charge in [0.1, 0.15) is 5.56 Å². The van der Waals surface area contributed by atoms with Crippen LogP contribution in [-0.4, -0.2) is 18.0 Å². The molecule has 0 saturated carbocycles. The molecule has 0 nitrogen and oxygen atoms in total. The average Bonchev–Trinajstić information content (AvgIpc) is 2.74. The normalized spacial score (nSPS) is 13.5. The van der Waals surface area contributed by atoms with Crippen LogP contribution in [0, 0.1) is 59.5 Å². The third kappa shape index (κ3) is 4.15. The monoisotopic (exact) mass is 661 g/mol. The quantitative estimate of drug-likeness (QED) is 0.197. The van der Waals surface area contributed by atoms with Crippen LogP contribution >= 0.6 is 0 Å². The molecule has 0 aromatic heterocycles. The van der Waals surface area contributed by atoms with Gasteiger partial charge in [0.05, 0.1) is 0 Å². The number of alkyl halides is 9. The molecule has 0 bridgehead atoms. The van der Waals surface area contributed by atoms with Crippen LogP contribution in [0.1, 0.15) is 5.56 Å². The minimum absolute atomic E-state index is 2.37. The highest BCUT2D eigenvalue weighted by molar-refractivity contribution is 5.29. The summed E-state index contributed by atoms with van der Waals surface area (Å²) < 4.78 is 237. The van der Waals surface area contributed by atoms with Gasteiger partial charge < -0.3 is 0 Å². The standard InChI is InChI=1S/C16F18I/c17-2-1(13(26,27)14(28,29)15(30,31)16(32,33)34)11(8(23)5(20)3(2)18)35-12-9(24)6(21)4(19)7(22)10(12)25/q+1. The summed E-state index contributed by atoms with van der Waals surface area (Å²) >= 11 is -4.09. The first kappa shape index (κ1) is 29.1. The van der Waals surface area contributed by atoms with Crippen molar-refractivity contribution >= 4 is 0 Å². The number of benzene rings is 2. The van der Waals surface area contributed by atoms with Crippen molar-refractivity contribution in [3.63, 3.8) is 0 Å². The first-order valence-electron chi connectivity index (χ1n) is 7.78. The van der Waals surface area contributed by atoms with Gasteiger partial charge in [-0.05, 0) is 0 Å². The van der Waals surface area contributed by atoms with Crippen LogP contribution in [0.15, 0.2) is 0 Å². The molecule has 0 aliphatic heterocycles. The minimum atomic E-state index is -7.80. The maximum Gasteiger partial charge on any atom is 0.460 e. The molecule has 0 aliphatic carbocycles. The zero-order valence-corrected chi connectivity index (χ0v) is 17.3. The molecule has 0 amide bonds. The maximum absolute atomic E-state index is 14.3. The van der Waals surface area contributed by atoms with Crippen molar-refractivity contribution < 1.29 is 100 Å². The van der Waals surface area contributed by atoms with Gasteiger partial charge >= 0.3 is 45.1 Å². The average molecular weight is 661 g/mol. The van der Waals surface area contributed by atoms with Crippen molar-refractivity contribution in [1.29, 1.82) is 0 Å². The number of rotatable bonds is 5. The zero-order valence-electron chi connectivity index (χ0n) is 15.2. The highest BCUT2D eigenvalue weighted by Crippen LogP contribution is 2.57. The number of hydrogen-bond donors (Lipinski definition) is 0. The lowest BCUT2D eigenvalue weighted by molar-refractivity contribution is -0.609. The van der Waals surface area contributed by atoms with Crippen molar-refractivity contribution in [2.45, 2.75) is 23.9 Å². The van der Waals surface area contributed by atoms with Crippen molar-refractivity contribution in [2.24, 2.45) is 0 Å². The highest BCUT2D eigenvalue weighted by Gasteiger charge is 2.83. The van der Waals surface area contributed by atoms with Gasteiger partial charge in [0, 0.05) is 0 Å². The number of halogens is 19. The minimum Gasteiger partial charge on any atom is -0.203 e. The lowest BCUT2D eigenvalue weighted by atomic mass is 9.96. The molecule has 2 aromatic rings. The summed E-state index contributed by atoms with van der Waals surface area (Å²) in [6, 6.07) is 0. The van der Waals surface area contributed by atoms with Crippen LogP contribution in [0.5, 0.6) is 0 Å². The summed E-state index contributed by atoms with van der Waals surface area (Å²) in [5.41, 5.74) is -3.76. The predicted molar refractivity (Wildman–Crippen MR) is 69.7 cm³/mol. The van der Waals surface area contributed by atoms with E-state index in [-0.39, 0.29) is 0 Å².